The first-order valence-corrected chi connectivity index (χ1v) is 8.59. The highest BCUT2D eigenvalue weighted by Crippen LogP contribution is 2.51. The van der Waals surface area contributed by atoms with Gasteiger partial charge in [0.1, 0.15) is 5.75 Å². The molecule has 3 rings (SSSR count). The highest BCUT2D eigenvalue weighted by atomic mass is 16.5. The Bertz CT molecular complexity index is 704. The molecule has 1 saturated carbocycles. The molecule has 0 amide bonds. The van der Waals surface area contributed by atoms with Gasteiger partial charge in [0.05, 0.1) is 31.9 Å². The zero-order valence-electron chi connectivity index (χ0n) is 14.4. The van der Waals surface area contributed by atoms with Crippen LogP contribution in [0, 0.1) is 5.92 Å². The fraction of sp³-hybridized carbons (Fsp3) is 0.400. The van der Waals surface area contributed by atoms with Crippen LogP contribution in [0.4, 0.5) is 0 Å². The van der Waals surface area contributed by atoms with Gasteiger partial charge in [0.15, 0.2) is 0 Å². The van der Waals surface area contributed by atoms with E-state index in [0.29, 0.717) is 5.92 Å². The van der Waals surface area contributed by atoms with Crippen LogP contribution in [0.15, 0.2) is 48.5 Å². The molecule has 0 aliphatic heterocycles. The lowest BCUT2D eigenvalue weighted by molar-refractivity contribution is 0.120. The van der Waals surface area contributed by atoms with Crippen molar-refractivity contribution in [1.82, 2.24) is 0 Å². The molecule has 2 aromatic carbocycles. The van der Waals surface area contributed by atoms with Gasteiger partial charge >= 0.3 is 0 Å². The number of methoxy groups -OCH3 is 1. The van der Waals surface area contributed by atoms with E-state index in [9.17, 15) is 5.11 Å². The number of aliphatic hydroxyl groups is 2. The molecule has 1 fully saturated rings. The molecule has 1 aliphatic rings. The lowest BCUT2D eigenvalue weighted by atomic mass is 9.96. The van der Waals surface area contributed by atoms with E-state index in [1.807, 2.05) is 48.5 Å². The van der Waals surface area contributed by atoms with Gasteiger partial charge < -0.3 is 26.4 Å². The monoisotopic (exact) mass is 342 g/mol. The van der Waals surface area contributed by atoms with Crippen molar-refractivity contribution in [3.05, 3.63) is 65.2 Å². The molecule has 0 heterocycles. The predicted octanol–water partition coefficient (Wildman–Crippen LogP) is 1.85. The third-order valence-corrected chi connectivity index (χ3v) is 5.11. The molecule has 0 saturated heterocycles. The number of benzene rings is 2. The number of rotatable bonds is 7. The first-order chi connectivity index (χ1) is 12.0. The topological polar surface area (TPSA) is 102 Å². The summed E-state index contributed by atoms with van der Waals surface area (Å²) >= 11 is 0. The van der Waals surface area contributed by atoms with Gasteiger partial charge in [-0.05, 0) is 47.1 Å². The van der Waals surface area contributed by atoms with E-state index >= 15 is 0 Å². The van der Waals surface area contributed by atoms with Gasteiger partial charge in [-0.1, -0.05) is 36.4 Å². The Balaban J connectivity index is 1.66. The van der Waals surface area contributed by atoms with Crippen LogP contribution in [0.1, 0.15) is 41.1 Å². The maximum atomic E-state index is 10.7. The molecule has 134 valence electrons. The molecule has 5 nitrogen and oxygen atoms in total. The molecule has 5 heteroatoms. The highest BCUT2D eigenvalue weighted by Gasteiger charge is 2.45. The summed E-state index contributed by atoms with van der Waals surface area (Å²) in [6.07, 6.45) is 0.320. The van der Waals surface area contributed by atoms with Crippen LogP contribution in [-0.2, 0) is 0 Å². The Kier molecular flexibility index (Phi) is 5.39. The van der Waals surface area contributed by atoms with E-state index in [-0.39, 0.29) is 18.6 Å². The van der Waals surface area contributed by atoms with Crippen molar-refractivity contribution in [2.24, 2.45) is 17.4 Å². The molecule has 0 spiro atoms. The number of hydrogen-bond acceptors (Lipinski definition) is 5. The van der Waals surface area contributed by atoms with E-state index < -0.39 is 12.1 Å². The molecule has 6 N–H and O–H groups in total. The minimum atomic E-state index is -0.600. The number of ether oxygens (including phenoxy) is 1. The summed E-state index contributed by atoms with van der Waals surface area (Å²) in [4.78, 5) is 0. The maximum Gasteiger partial charge on any atom is 0.119 e. The number of nitrogens with two attached hydrogens (primary N) is 2. The number of hydrogen-bond donors (Lipinski definition) is 4. The van der Waals surface area contributed by atoms with Gasteiger partial charge in [0.25, 0.3) is 0 Å². The Hall–Kier alpha value is -1.92. The van der Waals surface area contributed by atoms with Crippen molar-refractivity contribution in [2.75, 3.05) is 13.7 Å². The molecule has 25 heavy (non-hydrogen) atoms. The molecule has 0 radical (unpaired) electrons. The molecule has 5 atom stereocenters. The normalized spacial score (nSPS) is 22.9. The Labute approximate surface area is 148 Å². The minimum Gasteiger partial charge on any atom is -0.497 e. The summed E-state index contributed by atoms with van der Waals surface area (Å²) in [5, 5.41) is 19.8. The SMILES string of the molecule is COc1cccc(C(N)C(O)C2CC2c2ccc([C@H](N)CO)cc2)c1. The summed E-state index contributed by atoms with van der Waals surface area (Å²) < 4.78 is 5.23. The molecule has 0 aromatic heterocycles. The zero-order valence-corrected chi connectivity index (χ0v) is 14.4. The lowest BCUT2D eigenvalue weighted by Crippen LogP contribution is -2.28. The van der Waals surface area contributed by atoms with Gasteiger partial charge in [-0.15, -0.1) is 0 Å². The first kappa shape index (κ1) is 17.9. The summed E-state index contributed by atoms with van der Waals surface area (Å²) in [6, 6.07) is 14.7. The van der Waals surface area contributed by atoms with E-state index in [0.717, 1.165) is 23.3 Å². The van der Waals surface area contributed by atoms with Crippen molar-refractivity contribution in [2.45, 2.75) is 30.5 Å². The van der Waals surface area contributed by atoms with E-state index in [1.54, 1.807) is 7.11 Å². The zero-order chi connectivity index (χ0) is 18.0. The summed E-state index contributed by atoms with van der Waals surface area (Å²) in [5.74, 6) is 1.20. The van der Waals surface area contributed by atoms with Gasteiger partial charge in [0.2, 0.25) is 0 Å². The average molecular weight is 342 g/mol. The van der Waals surface area contributed by atoms with Crippen molar-refractivity contribution in [3.8, 4) is 5.75 Å². The molecule has 2 aromatic rings. The predicted molar refractivity (Wildman–Crippen MR) is 97.2 cm³/mol. The van der Waals surface area contributed by atoms with E-state index in [1.165, 1.54) is 5.56 Å². The maximum absolute atomic E-state index is 10.7. The Morgan fingerprint density at radius 1 is 1.12 bits per heavy atom. The molecule has 1 aliphatic carbocycles. The summed E-state index contributed by atoms with van der Waals surface area (Å²) in [6.45, 7) is -0.0699. The quantitative estimate of drug-likeness (QED) is 0.615. The van der Waals surface area contributed by atoms with Crippen LogP contribution in [0.2, 0.25) is 0 Å². The third-order valence-electron chi connectivity index (χ3n) is 5.11. The van der Waals surface area contributed by atoms with Crippen LogP contribution in [0.5, 0.6) is 5.75 Å². The smallest absolute Gasteiger partial charge is 0.119 e. The Morgan fingerprint density at radius 3 is 2.48 bits per heavy atom. The van der Waals surface area contributed by atoms with Crippen LogP contribution in [0.25, 0.3) is 0 Å². The lowest BCUT2D eigenvalue weighted by Gasteiger charge is -2.20. The standard InChI is InChI=1S/C20H26N2O3/c1-25-15-4-2-3-14(9-15)19(22)20(24)17-10-16(17)12-5-7-13(8-6-12)18(21)11-23/h2-9,16-20,23-24H,10-11,21-22H2,1H3/t16?,17?,18-,19?,20?/m1/s1. The van der Waals surface area contributed by atoms with E-state index in [4.69, 9.17) is 21.3 Å². The summed E-state index contributed by atoms with van der Waals surface area (Å²) in [7, 11) is 1.62. The fourth-order valence-electron chi connectivity index (χ4n) is 3.38. The highest BCUT2D eigenvalue weighted by molar-refractivity contribution is 5.34. The second-order valence-corrected chi connectivity index (χ2v) is 6.75. The average Bonchev–Trinajstić information content (AvgIpc) is 3.47. The van der Waals surface area contributed by atoms with Crippen LogP contribution in [0.3, 0.4) is 0 Å². The van der Waals surface area contributed by atoms with Gasteiger partial charge in [-0.25, -0.2) is 0 Å². The molecular weight excluding hydrogens is 316 g/mol. The van der Waals surface area contributed by atoms with Crippen LogP contribution >= 0.6 is 0 Å². The van der Waals surface area contributed by atoms with Crippen molar-refractivity contribution in [3.63, 3.8) is 0 Å². The third kappa shape index (κ3) is 3.85. The minimum absolute atomic E-state index is 0.0699. The Morgan fingerprint density at radius 2 is 1.84 bits per heavy atom. The molecule has 0 bridgehead atoms. The van der Waals surface area contributed by atoms with Crippen LogP contribution < -0.4 is 16.2 Å². The largest absolute Gasteiger partial charge is 0.497 e. The van der Waals surface area contributed by atoms with Crippen molar-refractivity contribution in [1.29, 1.82) is 0 Å². The second kappa shape index (κ2) is 7.54. The van der Waals surface area contributed by atoms with Crippen LogP contribution in [-0.4, -0.2) is 30.0 Å². The second-order valence-electron chi connectivity index (χ2n) is 6.75. The molecular formula is C20H26N2O3. The van der Waals surface area contributed by atoms with Gasteiger partial charge in [0, 0.05) is 0 Å². The van der Waals surface area contributed by atoms with Gasteiger partial charge in [-0.2, -0.15) is 0 Å². The number of aliphatic hydroxyl groups excluding tert-OH is 2. The fourth-order valence-corrected chi connectivity index (χ4v) is 3.38. The first-order valence-electron chi connectivity index (χ1n) is 8.59. The van der Waals surface area contributed by atoms with Crippen molar-refractivity contribution < 1.29 is 14.9 Å². The molecule has 4 unspecified atom stereocenters. The van der Waals surface area contributed by atoms with Gasteiger partial charge in [-0.3, -0.25) is 0 Å². The van der Waals surface area contributed by atoms with E-state index in [2.05, 4.69) is 0 Å². The van der Waals surface area contributed by atoms with Crippen molar-refractivity contribution >= 4 is 0 Å². The summed E-state index contributed by atoms with van der Waals surface area (Å²) in [5.41, 5.74) is 15.1.